The lowest BCUT2D eigenvalue weighted by Gasteiger charge is -2.62. The summed E-state index contributed by atoms with van der Waals surface area (Å²) in [5.74, 6) is -3.03. The number of allylic oxidation sites excluding steroid dienone is 3. The zero-order valence-corrected chi connectivity index (χ0v) is 25.4. The zero-order valence-electron chi connectivity index (χ0n) is 25.4. The van der Waals surface area contributed by atoms with Crippen LogP contribution in [0.1, 0.15) is 74.1 Å². The van der Waals surface area contributed by atoms with Gasteiger partial charge in [-0.25, -0.2) is 0 Å². The van der Waals surface area contributed by atoms with Gasteiger partial charge in [-0.05, 0) is 43.6 Å². The minimum absolute atomic E-state index is 0.174. The van der Waals surface area contributed by atoms with E-state index in [9.17, 15) is 19.2 Å². The Labute approximate surface area is 242 Å². The Morgan fingerprint density at radius 3 is 2.22 bits per heavy atom. The van der Waals surface area contributed by atoms with Crippen molar-refractivity contribution in [3.63, 3.8) is 0 Å². The van der Waals surface area contributed by atoms with Crippen molar-refractivity contribution in [3.8, 4) is 0 Å². The fourth-order valence-corrected chi connectivity index (χ4v) is 6.86. The van der Waals surface area contributed by atoms with Gasteiger partial charge >= 0.3 is 23.9 Å². The van der Waals surface area contributed by atoms with Crippen LogP contribution in [0.5, 0.6) is 0 Å². The SMILES string of the molecule is C=C/C(C)=C\C[C@@]1(C)[C@H](C)[C@@H](OC(=O)CCC)[C@@H](OC(C)=O)[C@@]23C(=C[C@H](OC)C[C@@H]12)[C@@H](OC(C)=O)O[C@H]3OC(C)=O. The fraction of sp³-hybridized carbons (Fsp3) is 0.677. The molecule has 1 saturated carbocycles. The molecule has 0 unspecified atom stereocenters. The van der Waals surface area contributed by atoms with Crippen LogP contribution in [-0.4, -0.2) is 61.9 Å². The summed E-state index contributed by atoms with van der Waals surface area (Å²) in [6, 6.07) is 0. The minimum Gasteiger partial charge on any atom is -0.458 e. The number of rotatable bonds is 10. The summed E-state index contributed by atoms with van der Waals surface area (Å²) in [6.07, 6.45) is 2.31. The molecule has 1 heterocycles. The van der Waals surface area contributed by atoms with Gasteiger partial charge in [0.15, 0.2) is 6.10 Å². The summed E-state index contributed by atoms with van der Waals surface area (Å²) in [5, 5.41) is 0. The Kier molecular flexibility index (Phi) is 10.2. The summed E-state index contributed by atoms with van der Waals surface area (Å²) in [6.45, 7) is 15.5. The van der Waals surface area contributed by atoms with E-state index < -0.39 is 71.5 Å². The van der Waals surface area contributed by atoms with E-state index in [4.69, 9.17) is 28.4 Å². The highest BCUT2D eigenvalue weighted by Crippen LogP contribution is 2.68. The highest BCUT2D eigenvalue weighted by Gasteiger charge is 2.75. The van der Waals surface area contributed by atoms with Crippen molar-refractivity contribution < 1.29 is 47.6 Å². The quantitative estimate of drug-likeness (QED) is 0.158. The maximum Gasteiger partial charge on any atom is 0.306 e. The standard InChI is InChI=1S/C31H44O10/c1-10-12-25(35)40-26-18(4)30(8,14-13-17(3)11-2)24-16-22(36-9)15-23-28(38-20(6)33)41-29(39-21(7)34)31(23,24)27(26)37-19(5)32/h11,13,15,18,22,24,26-29H,2,10,12,14,16H2,1,3-9H3/b17-13-/t18-,22+,24+,26-,27-,28+,29-,30+,31-/m1/s1. The molecule has 0 radical (unpaired) electrons. The van der Waals surface area contributed by atoms with Gasteiger partial charge in [-0.2, -0.15) is 0 Å². The van der Waals surface area contributed by atoms with Crippen LogP contribution in [0.2, 0.25) is 0 Å². The molecule has 2 aliphatic carbocycles. The van der Waals surface area contributed by atoms with E-state index in [0.717, 1.165) is 5.57 Å². The van der Waals surface area contributed by atoms with Gasteiger partial charge in [0.1, 0.15) is 11.5 Å². The number of methoxy groups -OCH3 is 1. The van der Waals surface area contributed by atoms with E-state index in [-0.39, 0.29) is 12.3 Å². The van der Waals surface area contributed by atoms with Crippen LogP contribution in [0.25, 0.3) is 0 Å². The van der Waals surface area contributed by atoms with Crippen LogP contribution in [0.4, 0.5) is 0 Å². The van der Waals surface area contributed by atoms with Gasteiger partial charge in [0.2, 0.25) is 12.6 Å². The van der Waals surface area contributed by atoms with Crippen LogP contribution in [-0.2, 0) is 47.6 Å². The monoisotopic (exact) mass is 576 g/mol. The molecule has 0 bridgehead atoms. The van der Waals surface area contributed by atoms with Crippen LogP contribution < -0.4 is 0 Å². The smallest absolute Gasteiger partial charge is 0.306 e. The molecule has 1 spiro atoms. The number of ether oxygens (including phenoxy) is 6. The Hall–Kier alpha value is -2.98. The van der Waals surface area contributed by atoms with Gasteiger partial charge < -0.3 is 23.7 Å². The van der Waals surface area contributed by atoms with Gasteiger partial charge in [0, 0.05) is 45.8 Å². The summed E-state index contributed by atoms with van der Waals surface area (Å²) >= 11 is 0. The number of carbonyl (C=O) groups is 4. The molecule has 41 heavy (non-hydrogen) atoms. The Morgan fingerprint density at radius 2 is 1.68 bits per heavy atom. The molecule has 0 N–H and O–H groups in total. The molecular formula is C31H44O10. The van der Waals surface area contributed by atoms with Crippen LogP contribution in [0.15, 0.2) is 36.0 Å². The third-order valence-electron chi connectivity index (χ3n) is 8.95. The normalized spacial score (nSPS) is 36.2. The van der Waals surface area contributed by atoms with Crippen molar-refractivity contribution in [3.05, 3.63) is 36.0 Å². The molecule has 3 rings (SSSR count). The molecule has 1 aliphatic heterocycles. The molecular weight excluding hydrogens is 532 g/mol. The molecule has 9 atom stereocenters. The average Bonchev–Trinajstić information content (AvgIpc) is 3.18. The highest BCUT2D eigenvalue weighted by molar-refractivity contribution is 5.70. The predicted molar refractivity (Wildman–Crippen MR) is 148 cm³/mol. The Morgan fingerprint density at radius 1 is 1.05 bits per heavy atom. The lowest BCUT2D eigenvalue weighted by molar-refractivity contribution is -0.279. The first-order valence-corrected chi connectivity index (χ1v) is 14.2. The zero-order chi connectivity index (χ0) is 30.7. The van der Waals surface area contributed by atoms with Crippen molar-refractivity contribution in [2.75, 3.05) is 7.11 Å². The van der Waals surface area contributed by atoms with Crippen molar-refractivity contribution in [1.82, 2.24) is 0 Å². The Bertz CT molecular complexity index is 1110. The minimum atomic E-state index is -1.36. The summed E-state index contributed by atoms with van der Waals surface area (Å²) < 4.78 is 35.6. The van der Waals surface area contributed by atoms with Crippen LogP contribution >= 0.6 is 0 Å². The predicted octanol–water partition coefficient (Wildman–Crippen LogP) is 4.56. The van der Waals surface area contributed by atoms with E-state index in [1.165, 1.54) is 20.8 Å². The summed E-state index contributed by atoms with van der Waals surface area (Å²) in [4.78, 5) is 50.4. The highest BCUT2D eigenvalue weighted by atomic mass is 16.8. The van der Waals surface area contributed by atoms with Gasteiger partial charge in [-0.15, -0.1) is 0 Å². The molecule has 10 heteroatoms. The van der Waals surface area contributed by atoms with E-state index >= 15 is 0 Å². The molecule has 228 valence electrons. The fourth-order valence-electron chi connectivity index (χ4n) is 6.86. The van der Waals surface area contributed by atoms with Crippen molar-refractivity contribution >= 4 is 23.9 Å². The molecule has 2 fully saturated rings. The first-order valence-electron chi connectivity index (χ1n) is 14.2. The maximum absolute atomic E-state index is 13.0. The first-order chi connectivity index (χ1) is 19.3. The third-order valence-corrected chi connectivity index (χ3v) is 8.95. The van der Waals surface area contributed by atoms with E-state index in [1.807, 2.05) is 20.8 Å². The van der Waals surface area contributed by atoms with Crippen molar-refractivity contribution in [2.24, 2.45) is 22.7 Å². The second kappa shape index (κ2) is 12.9. The summed E-state index contributed by atoms with van der Waals surface area (Å²) in [7, 11) is 1.58. The molecule has 0 aromatic heterocycles. The lowest BCUT2D eigenvalue weighted by Crippen LogP contribution is -2.69. The van der Waals surface area contributed by atoms with E-state index in [2.05, 4.69) is 19.6 Å². The molecule has 0 aromatic carbocycles. The molecule has 3 aliphatic rings. The average molecular weight is 577 g/mol. The molecule has 0 amide bonds. The number of esters is 4. The van der Waals surface area contributed by atoms with E-state index in [0.29, 0.717) is 24.8 Å². The maximum atomic E-state index is 13.0. The van der Waals surface area contributed by atoms with Crippen molar-refractivity contribution in [1.29, 1.82) is 0 Å². The molecule has 1 saturated heterocycles. The van der Waals surface area contributed by atoms with Crippen LogP contribution in [0.3, 0.4) is 0 Å². The summed E-state index contributed by atoms with van der Waals surface area (Å²) in [5.41, 5.74) is -0.587. The number of hydrogen-bond donors (Lipinski definition) is 0. The Balaban J connectivity index is 2.41. The van der Waals surface area contributed by atoms with Gasteiger partial charge in [-0.1, -0.05) is 45.1 Å². The second-order valence-corrected chi connectivity index (χ2v) is 11.5. The second-order valence-electron chi connectivity index (χ2n) is 11.5. The topological polar surface area (TPSA) is 124 Å². The molecule has 10 nitrogen and oxygen atoms in total. The van der Waals surface area contributed by atoms with Crippen LogP contribution in [0, 0.1) is 22.7 Å². The van der Waals surface area contributed by atoms with Gasteiger partial charge in [0.05, 0.1) is 6.10 Å². The number of carbonyl (C=O) groups excluding carboxylic acids is 4. The first kappa shape index (κ1) is 32.5. The van der Waals surface area contributed by atoms with Crippen molar-refractivity contribution in [2.45, 2.75) is 105 Å². The van der Waals surface area contributed by atoms with Gasteiger partial charge in [-0.3, -0.25) is 23.9 Å². The largest absolute Gasteiger partial charge is 0.458 e. The van der Waals surface area contributed by atoms with Gasteiger partial charge in [0.25, 0.3) is 0 Å². The lowest BCUT2D eigenvalue weighted by atomic mass is 9.44. The number of hydrogen-bond acceptors (Lipinski definition) is 10. The van der Waals surface area contributed by atoms with E-state index in [1.54, 1.807) is 19.3 Å². The third kappa shape index (κ3) is 6.14. The molecule has 0 aromatic rings.